The molecule has 0 saturated carbocycles. The first-order chi connectivity index (χ1) is 8.67. The molecule has 1 aliphatic heterocycles. The van der Waals surface area contributed by atoms with E-state index >= 15 is 0 Å². The van der Waals surface area contributed by atoms with E-state index in [0.29, 0.717) is 11.6 Å². The molecule has 18 heavy (non-hydrogen) atoms. The van der Waals surface area contributed by atoms with Crippen molar-refractivity contribution in [1.29, 1.82) is 0 Å². The first kappa shape index (κ1) is 14.5. The summed E-state index contributed by atoms with van der Waals surface area (Å²) in [6, 6.07) is 0. The molecule has 1 amide bonds. The average molecular weight is 246 g/mol. The first-order valence-corrected chi connectivity index (χ1v) is 6.34. The van der Waals surface area contributed by atoms with Gasteiger partial charge in [-0.3, -0.25) is 4.79 Å². The van der Waals surface area contributed by atoms with Gasteiger partial charge in [0.05, 0.1) is 0 Å². The van der Waals surface area contributed by atoms with E-state index < -0.39 is 0 Å². The second-order valence-corrected chi connectivity index (χ2v) is 4.39. The molecule has 98 valence electrons. The van der Waals surface area contributed by atoms with Gasteiger partial charge in [-0.25, -0.2) is 0 Å². The van der Waals surface area contributed by atoms with Crippen molar-refractivity contribution in [2.24, 2.45) is 5.92 Å². The Morgan fingerprint density at radius 2 is 2.06 bits per heavy atom. The van der Waals surface area contributed by atoms with Crippen LogP contribution < -0.4 is 10.6 Å². The minimum Gasteiger partial charge on any atom is -0.323 e. The van der Waals surface area contributed by atoms with Crippen LogP contribution in [0.15, 0.2) is 48.7 Å². The van der Waals surface area contributed by atoms with Crippen LogP contribution in [0, 0.1) is 5.92 Å². The molecule has 0 spiro atoms. The second kappa shape index (κ2) is 7.67. The molecule has 0 atom stereocenters. The van der Waals surface area contributed by atoms with Crippen LogP contribution in [0.3, 0.4) is 0 Å². The number of hydrogen-bond acceptors (Lipinski definition) is 2. The smallest absolute Gasteiger partial charge is 0.247 e. The standard InChI is InChI=1S/C15H22N2O/c1-4-6-14(13-7-9-16-10-8-13)11-12(3)17-15(18)5-2/h4-6,11,13,16H,2-3,7-10H2,1H3,(H,17,18). The minimum absolute atomic E-state index is 0.221. The third-order valence-corrected chi connectivity index (χ3v) is 2.98. The lowest BCUT2D eigenvalue weighted by atomic mass is 9.89. The van der Waals surface area contributed by atoms with Crippen molar-refractivity contribution in [3.8, 4) is 0 Å². The molecule has 0 aromatic rings. The van der Waals surface area contributed by atoms with Gasteiger partial charge in [0.1, 0.15) is 0 Å². The fourth-order valence-corrected chi connectivity index (χ4v) is 2.10. The molecular weight excluding hydrogens is 224 g/mol. The van der Waals surface area contributed by atoms with Crippen LogP contribution in [0.25, 0.3) is 0 Å². The lowest BCUT2D eigenvalue weighted by molar-refractivity contribution is -0.115. The molecule has 1 fully saturated rings. The third-order valence-electron chi connectivity index (χ3n) is 2.98. The maximum Gasteiger partial charge on any atom is 0.247 e. The number of hydrogen-bond donors (Lipinski definition) is 2. The predicted octanol–water partition coefficient (Wildman–Crippen LogP) is 2.30. The third kappa shape index (κ3) is 4.72. The summed E-state index contributed by atoms with van der Waals surface area (Å²) >= 11 is 0. The van der Waals surface area contributed by atoms with Crippen molar-refractivity contribution in [1.82, 2.24) is 10.6 Å². The highest BCUT2D eigenvalue weighted by Gasteiger charge is 2.15. The number of allylic oxidation sites excluding steroid dienone is 4. The largest absolute Gasteiger partial charge is 0.323 e. The molecule has 3 heteroatoms. The highest BCUT2D eigenvalue weighted by molar-refractivity contribution is 5.88. The quantitative estimate of drug-likeness (QED) is 0.577. The lowest BCUT2D eigenvalue weighted by Crippen LogP contribution is -2.28. The summed E-state index contributed by atoms with van der Waals surface area (Å²) in [5, 5.41) is 6.03. The van der Waals surface area contributed by atoms with Crippen molar-refractivity contribution in [3.63, 3.8) is 0 Å². The van der Waals surface area contributed by atoms with Crippen LogP contribution in [-0.4, -0.2) is 19.0 Å². The van der Waals surface area contributed by atoms with Gasteiger partial charge in [-0.2, -0.15) is 0 Å². The second-order valence-electron chi connectivity index (χ2n) is 4.39. The Hall–Kier alpha value is -1.61. The summed E-state index contributed by atoms with van der Waals surface area (Å²) in [6.45, 7) is 11.4. The highest BCUT2D eigenvalue weighted by atomic mass is 16.1. The van der Waals surface area contributed by atoms with Crippen molar-refractivity contribution >= 4 is 5.91 Å². The van der Waals surface area contributed by atoms with Crippen LogP contribution in [0.4, 0.5) is 0 Å². The minimum atomic E-state index is -0.221. The Morgan fingerprint density at radius 1 is 1.39 bits per heavy atom. The lowest BCUT2D eigenvalue weighted by Gasteiger charge is -2.24. The Kier molecular flexibility index (Phi) is 6.15. The summed E-state index contributed by atoms with van der Waals surface area (Å²) in [7, 11) is 0. The average Bonchev–Trinajstić information content (AvgIpc) is 2.39. The molecule has 0 bridgehead atoms. The zero-order valence-electron chi connectivity index (χ0n) is 11.0. The normalized spacial score (nSPS) is 17.7. The fraction of sp³-hybridized carbons (Fsp3) is 0.400. The van der Waals surface area contributed by atoms with E-state index in [-0.39, 0.29) is 5.91 Å². The van der Waals surface area contributed by atoms with Crippen LogP contribution in [0.2, 0.25) is 0 Å². The van der Waals surface area contributed by atoms with E-state index in [1.165, 1.54) is 11.6 Å². The maximum absolute atomic E-state index is 11.2. The van der Waals surface area contributed by atoms with Gasteiger partial charge >= 0.3 is 0 Å². The Balaban J connectivity index is 2.73. The summed E-state index contributed by atoms with van der Waals surface area (Å²) in [5.74, 6) is 0.321. The molecule has 0 unspecified atom stereocenters. The van der Waals surface area contributed by atoms with Gasteiger partial charge in [0, 0.05) is 5.70 Å². The zero-order chi connectivity index (χ0) is 13.4. The number of carbonyl (C=O) groups is 1. The van der Waals surface area contributed by atoms with E-state index in [9.17, 15) is 4.79 Å². The summed E-state index contributed by atoms with van der Waals surface area (Å²) < 4.78 is 0. The van der Waals surface area contributed by atoms with Gasteiger partial charge in [0.15, 0.2) is 0 Å². The van der Waals surface area contributed by atoms with Crippen molar-refractivity contribution in [2.75, 3.05) is 13.1 Å². The van der Waals surface area contributed by atoms with E-state index in [4.69, 9.17) is 0 Å². The number of piperidine rings is 1. The summed E-state index contributed by atoms with van der Waals surface area (Å²) in [5.41, 5.74) is 1.85. The van der Waals surface area contributed by atoms with E-state index in [1.54, 1.807) is 0 Å². The van der Waals surface area contributed by atoms with Crippen LogP contribution in [0.5, 0.6) is 0 Å². The van der Waals surface area contributed by atoms with Crippen LogP contribution in [-0.2, 0) is 4.79 Å². The predicted molar refractivity (Wildman–Crippen MR) is 76.0 cm³/mol. The van der Waals surface area contributed by atoms with Crippen LogP contribution >= 0.6 is 0 Å². The Morgan fingerprint density at radius 3 is 2.61 bits per heavy atom. The van der Waals surface area contributed by atoms with Gasteiger partial charge < -0.3 is 10.6 Å². The SMILES string of the molecule is C=CC(=O)NC(=C)C=C(C=CC)C1CCNCC1. The van der Waals surface area contributed by atoms with Crippen molar-refractivity contribution < 1.29 is 4.79 Å². The van der Waals surface area contributed by atoms with Gasteiger partial charge in [-0.1, -0.05) is 25.3 Å². The Labute approximate surface area is 109 Å². The topological polar surface area (TPSA) is 41.1 Å². The fourth-order valence-electron chi connectivity index (χ4n) is 2.10. The van der Waals surface area contributed by atoms with Crippen LogP contribution in [0.1, 0.15) is 19.8 Å². The number of rotatable bonds is 5. The van der Waals surface area contributed by atoms with Crippen molar-refractivity contribution in [2.45, 2.75) is 19.8 Å². The molecule has 0 radical (unpaired) electrons. The molecule has 3 nitrogen and oxygen atoms in total. The molecule has 1 rings (SSSR count). The van der Waals surface area contributed by atoms with Gasteiger partial charge in [0.25, 0.3) is 0 Å². The Bertz CT molecular complexity index is 374. The molecule has 1 heterocycles. The number of nitrogens with one attached hydrogen (secondary N) is 2. The number of carbonyl (C=O) groups excluding carboxylic acids is 1. The molecule has 0 aromatic heterocycles. The van der Waals surface area contributed by atoms with E-state index in [0.717, 1.165) is 25.9 Å². The number of amides is 1. The monoisotopic (exact) mass is 246 g/mol. The van der Waals surface area contributed by atoms with E-state index in [1.807, 2.05) is 19.1 Å². The zero-order valence-corrected chi connectivity index (χ0v) is 11.0. The van der Waals surface area contributed by atoms with Gasteiger partial charge in [0.2, 0.25) is 5.91 Å². The first-order valence-electron chi connectivity index (χ1n) is 6.34. The molecule has 2 N–H and O–H groups in total. The van der Waals surface area contributed by atoms with Gasteiger partial charge in [-0.05, 0) is 56.5 Å². The molecular formula is C15H22N2O. The highest BCUT2D eigenvalue weighted by Crippen LogP contribution is 2.23. The molecule has 0 aliphatic carbocycles. The summed E-state index contributed by atoms with van der Waals surface area (Å²) in [6.07, 6.45) is 9.58. The molecule has 1 saturated heterocycles. The summed E-state index contributed by atoms with van der Waals surface area (Å²) in [4.78, 5) is 11.2. The van der Waals surface area contributed by atoms with Gasteiger partial charge in [-0.15, -0.1) is 0 Å². The van der Waals surface area contributed by atoms with Crippen molar-refractivity contribution in [3.05, 3.63) is 48.7 Å². The molecule has 0 aromatic carbocycles. The maximum atomic E-state index is 11.2. The van der Waals surface area contributed by atoms with E-state index in [2.05, 4.69) is 29.9 Å². The molecule has 1 aliphatic rings.